The van der Waals surface area contributed by atoms with Crippen LogP contribution in [0.1, 0.15) is 17.0 Å². The maximum absolute atomic E-state index is 12.9. The molecule has 2 aromatic carbocycles. The lowest BCUT2D eigenvalue weighted by Crippen LogP contribution is -2.54. The number of rotatable bonds is 10. The summed E-state index contributed by atoms with van der Waals surface area (Å²) in [6, 6.07) is 14.9. The van der Waals surface area contributed by atoms with Crippen LogP contribution in [0, 0.1) is 0 Å². The Hall–Kier alpha value is -3.43. The average molecular weight is 456 g/mol. The lowest BCUT2D eigenvalue weighted by molar-refractivity contribution is -0.145. The van der Waals surface area contributed by atoms with E-state index in [-0.39, 0.29) is 25.6 Å². The third-order valence-electron chi connectivity index (χ3n) is 5.49. The number of carbonyl (C=O) groups excluding carboxylic acids is 2. The van der Waals surface area contributed by atoms with Gasteiger partial charge in [-0.25, -0.2) is 4.79 Å². The number of alkyl carbamates (subject to hydrolysis) is 1. The van der Waals surface area contributed by atoms with Gasteiger partial charge >= 0.3 is 12.1 Å². The number of ether oxygens (including phenoxy) is 1. The Balaban J connectivity index is 1.70. The topological polar surface area (TPSA) is 119 Å². The zero-order chi connectivity index (χ0) is 24.0. The number of likely N-dealkylation sites (N-methyl/N-ethyl adjacent to an activating group) is 1. The number of aliphatic carboxylic acids is 1. The van der Waals surface area contributed by atoms with Gasteiger partial charge < -0.3 is 30.1 Å². The molecule has 176 valence electrons. The van der Waals surface area contributed by atoms with Gasteiger partial charge in [-0.3, -0.25) is 9.59 Å². The van der Waals surface area contributed by atoms with Gasteiger partial charge in [0.1, 0.15) is 19.2 Å². The molecule has 9 heteroatoms. The Kier molecular flexibility index (Phi) is 8.02. The molecule has 0 spiro atoms. The summed E-state index contributed by atoms with van der Waals surface area (Å²) in [6.07, 6.45) is -0.767. The van der Waals surface area contributed by atoms with E-state index < -0.39 is 37.2 Å². The van der Waals surface area contributed by atoms with Crippen LogP contribution in [0.5, 0.6) is 0 Å². The molecule has 1 atom stereocenters. The molecule has 0 fully saturated rings. The molecule has 2 amide bonds. The molecule has 0 heterocycles. The van der Waals surface area contributed by atoms with Crippen LogP contribution in [0.25, 0.3) is 11.1 Å². The number of aliphatic hydroxyl groups excluding tert-OH is 1. The highest BCUT2D eigenvalue weighted by Gasteiger charge is 2.31. The number of hydrogen-bond donors (Lipinski definition) is 3. The Morgan fingerprint density at radius 2 is 1.61 bits per heavy atom. The van der Waals surface area contributed by atoms with Crippen LogP contribution < -0.4 is 5.32 Å². The van der Waals surface area contributed by atoms with Gasteiger partial charge in [-0.1, -0.05) is 48.5 Å². The van der Waals surface area contributed by atoms with Crippen molar-refractivity contribution in [2.75, 3.05) is 46.9 Å². The Labute approximate surface area is 192 Å². The largest absolute Gasteiger partial charge is 0.480 e. The number of carbonyl (C=O) groups is 3. The summed E-state index contributed by atoms with van der Waals surface area (Å²) < 4.78 is 5.52. The third-order valence-corrected chi connectivity index (χ3v) is 5.49. The van der Waals surface area contributed by atoms with Crippen molar-refractivity contribution in [3.05, 3.63) is 59.7 Å². The number of fused-ring (bicyclic) bond motifs is 3. The van der Waals surface area contributed by atoms with Gasteiger partial charge in [0.2, 0.25) is 5.91 Å². The van der Waals surface area contributed by atoms with E-state index in [1.807, 2.05) is 48.5 Å². The lowest BCUT2D eigenvalue weighted by atomic mass is 9.98. The summed E-state index contributed by atoms with van der Waals surface area (Å²) in [5.41, 5.74) is 4.36. The van der Waals surface area contributed by atoms with Crippen molar-refractivity contribution < 1.29 is 29.3 Å². The van der Waals surface area contributed by atoms with E-state index in [9.17, 15) is 19.5 Å². The molecule has 2 aromatic rings. The van der Waals surface area contributed by atoms with Gasteiger partial charge in [-0.15, -0.1) is 0 Å². The summed E-state index contributed by atoms with van der Waals surface area (Å²) in [6.45, 7) is -0.876. The minimum Gasteiger partial charge on any atom is -0.480 e. The second kappa shape index (κ2) is 10.9. The Bertz CT molecular complexity index is 964. The highest BCUT2D eigenvalue weighted by atomic mass is 16.5. The van der Waals surface area contributed by atoms with Crippen LogP contribution in [-0.2, 0) is 14.3 Å². The van der Waals surface area contributed by atoms with Crippen LogP contribution in [0.15, 0.2) is 48.5 Å². The number of nitrogens with one attached hydrogen (secondary N) is 1. The van der Waals surface area contributed by atoms with Gasteiger partial charge in [-0.2, -0.15) is 0 Å². The SMILES string of the molecule is CN(C)C[C@H](NC(=O)OCC1c2ccccc2-c2ccccc21)C(=O)N(CCO)CC(=O)O. The van der Waals surface area contributed by atoms with E-state index in [0.717, 1.165) is 27.2 Å². The summed E-state index contributed by atoms with van der Waals surface area (Å²) in [4.78, 5) is 39.3. The number of amides is 2. The Morgan fingerprint density at radius 1 is 1.03 bits per heavy atom. The smallest absolute Gasteiger partial charge is 0.407 e. The van der Waals surface area contributed by atoms with Gasteiger partial charge in [0.05, 0.1) is 6.61 Å². The summed E-state index contributed by atoms with van der Waals surface area (Å²) in [5, 5.41) is 20.8. The third kappa shape index (κ3) is 5.88. The Morgan fingerprint density at radius 3 is 2.12 bits per heavy atom. The first-order valence-electron chi connectivity index (χ1n) is 10.7. The van der Waals surface area contributed by atoms with Gasteiger partial charge in [0.25, 0.3) is 0 Å². The molecular weight excluding hydrogens is 426 g/mol. The van der Waals surface area contributed by atoms with Crippen LogP contribution in [0.4, 0.5) is 4.79 Å². The minimum atomic E-state index is -1.21. The van der Waals surface area contributed by atoms with E-state index in [4.69, 9.17) is 9.84 Å². The average Bonchev–Trinajstić information content (AvgIpc) is 3.09. The van der Waals surface area contributed by atoms with Crippen LogP contribution in [0.2, 0.25) is 0 Å². The molecule has 0 aliphatic heterocycles. The van der Waals surface area contributed by atoms with Crippen molar-refractivity contribution in [1.29, 1.82) is 0 Å². The number of aliphatic hydroxyl groups is 1. The van der Waals surface area contributed by atoms with E-state index >= 15 is 0 Å². The fraction of sp³-hybridized carbons (Fsp3) is 0.375. The number of carboxylic acids is 1. The number of hydrogen-bond acceptors (Lipinski definition) is 6. The molecule has 1 aliphatic rings. The van der Waals surface area contributed by atoms with Gasteiger partial charge in [-0.05, 0) is 36.3 Å². The zero-order valence-electron chi connectivity index (χ0n) is 18.7. The second-order valence-electron chi connectivity index (χ2n) is 8.16. The predicted octanol–water partition coefficient (Wildman–Crippen LogP) is 1.36. The normalized spacial score (nSPS) is 13.2. The van der Waals surface area contributed by atoms with Crippen LogP contribution in [-0.4, -0.2) is 91.0 Å². The zero-order valence-corrected chi connectivity index (χ0v) is 18.7. The highest BCUT2D eigenvalue weighted by molar-refractivity contribution is 5.88. The van der Waals surface area contributed by atoms with E-state index in [1.54, 1.807) is 19.0 Å². The maximum atomic E-state index is 12.9. The molecule has 0 radical (unpaired) electrons. The van der Waals surface area contributed by atoms with Gasteiger partial charge in [0, 0.05) is 19.0 Å². The fourth-order valence-corrected chi connectivity index (χ4v) is 4.10. The summed E-state index contributed by atoms with van der Waals surface area (Å²) in [7, 11) is 3.46. The van der Waals surface area contributed by atoms with Gasteiger partial charge in [0.15, 0.2) is 0 Å². The molecule has 1 aliphatic carbocycles. The number of carboxylic acid groups (broad SMARTS) is 1. The molecule has 0 unspecified atom stereocenters. The monoisotopic (exact) mass is 455 g/mol. The molecule has 3 N–H and O–H groups in total. The predicted molar refractivity (Wildman–Crippen MR) is 122 cm³/mol. The molecule has 0 bridgehead atoms. The summed E-state index contributed by atoms with van der Waals surface area (Å²) in [5.74, 6) is -1.93. The summed E-state index contributed by atoms with van der Waals surface area (Å²) >= 11 is 0. The first kappa shape index (κ1) is 24.2. The molecular formula is C24H29N3O6. The van der Waals surface area contributed by atoms with Crippen molar-refractivity contribution in [1.82, 2.24) is 15.1 Å². The first-order valence-corrected chi connectivity index (χ1v) is 10.7. The van der Waals surface area contributed by atoms with Crippen molar-refractivity contribution in [3.63, 3.8) is 0 Å². The van der Waals surface area contributed by atoms with Crippen molar-refractivity contribution >= 4 is 18.0 Å². The quantitative estimate of drug-likeness (QED) is 0.495. The second-order valence-corrected chi connectivity index (χ2v) is 8.16. The van der Waals surface area contributed by atoms with Crippen molar-refractivity contribution in [2.24, 2.45) is 0 Å². The minimum absolute atomic E-state index is 0.0955. The van der Waals surface area contributed by atoms with Crippen molar-refractivity contribution in [3.8, 4) is 11.1 Å². The maximum Gasteiger partial charge on any atom is 0.407 e. The molecule has 0 saturated heterocycles. The van der Waals surface area contributed by atoms with E-state index in [1.165, 1.54) is 0 Å². The number of benzene rings is 2. The van der Waals surface area contributed by atoms with Crippen LogP contribution in [0.3, 0.4) is 0 Å². The fourth-order valence-electron chi connectivity index (χ4n) is 4.10. The molecule has 0 saturated carbocycles. The standard InChI is InChI=1S/C24H29N3O6/c1-26(2)13-21(23(31)27(11-12-28)14-22(29)30)25-24(32)33-15-20-18-9-5-3-7-16(18)17-8-4-6-10-19(17)20/h3-10,20-21,28H,11-15H2,1-2H3,(H,25,32)(H,29,30)/t21-/m0/s1. The first-order chi connectivity index (χ1) is 15.8. The molecule has 3 rings (SSSR count). The highest BCUT2D eigenvalue weighted by Crippen LogP contribution is 2.44. The molecule has 9 nitrogen and oxygen atoms in total. The molecule has 0 aromatic heterocycles. The van der Waals surface area contributed by atoms with E-state index in [2.05, 4.69) is 5.32 Å². The van der Waals surface area contributed by atoms with Crippen molar-refractivity contribution in [2.45, 2.75) is 12.0 Å². The molecule has 33 heavy (non-hydrogen) atoms. The van der Waals surface area contributed by atoms with E-state index in [0.29, 0.717) is 0 Å². The lowest BCUT2D eigenvalue weighted by Gasteiger charge is -2.27. The number of nitrogens with zero attached hydrogens (tertiary/aromatic N) is 2. The van der Waals surface area contributed by atoms with Crippen LogP contribution >= 0.6 is 0 Å².